The topological polar surface area (TPSA) is 78.5 Å². The fourth-order valence-corrected chi connectivity index (χ4v) is 5.97. The van der Waals surface area contributed by atoms with Crippen LogP contribution < -0.4 is 4.90 Å². The third-order valence-corrected chi connectivity index (χ3v) is 7.67. The molecule has 0 amide bonds. The summed E-state index contributed by atoms with van der Waals surface area (Å²) < 4.78 is 48.8. The molecule has 0 radical (unpaired) electrons. The number of fused-ring (bicyclic) bond motifs is 1. The van der Waals surface area contributed by atoms with Gasteiger partial charge in [-0.1, -0.05) is 30.3 Å². The molecule has 2 atom stereocenters. The fourth-order valence-electron chi connectivity index (χ4n) is 4.23. The van der Waals surface area contributed by atoms with Gasteiger partial charge in [-0.15, -0.1) is 0 Å². The molecule has 1 spiro atoms. The molecule has 9 heteroatoms. The van der Waals surface area contributed by atoms with Gasteiger partial charge in [-0.25, -0.2) is 17.8 Å². The number of nitrogens with zero attached hydrogens (tertiary/aromatic N) is 3. The predicted octanol–water partition coefficient (Wildman–Crippen LogP) is 2.48. The van der Waals surface area contributed by atoms with E-state index in [2.05, 4.69) is 9.97 Å². The lowest BCUT2D eigenvalue weighted by Crippen LogP contribution is -2.62. The molecule has 7 nitrogen and oxygen atoms in total. The quantitative estimate of drug-likeness (QED) is 0.710. The maximum atomic E-state index is 15.5. The SMILES string of the molecule is O=S(=O)(c1ccccc1)N1CCOC12CCN(c1ncc3cccc-3[nH]1)CC2F. The highest BCUT2D eigenvalue weighted by Gasteiger charge is 2.57. The number of aromatic nitrogens is 2. The summed E-state index contributed by atoms with van der Waals surface area (Å²) in [4.78, 5) is 9.57. The molecule has 0 saturated carbocycles. The third-order valence-electron chi connectivity index (χ3n) is 5.73. The van der Waals surface area contributed by atoms with Gasteiger partial charge >= 0.3 is 0 Å². The Bertz CT molecular complexity index is 1090. The number of anilines is 1. The van der Waals surface area contributed by atoms with Gasteiger partial charge in [0.2, 0.25) is 16.0 Å². The summed E-state index contributed by atoms with van der Waals surface area (Å²) >= 11 is 0. The first kappa shape index (κ1) is 18.5. The summed E-state index contributed by atoms with van der Waals surface area (Å²) in [6.07, 6.45) is 0.453. The number of ether oxygens (including phenoxy) is 1. The first-order valence-electron chi connectivity index (χ1n) is 9.55. The summed E-state index contributed by atoms with van der Waals surface area (Å²) in [7, 11) is -3.86. The minimum atomic E-state index is -3.86. The lowest BCUT2D eigenvalue weighted by molar-refractivity contribution is -0.116. The summed E-state index contributed by atoms with van der Waals surface area (Å²) in [5, 5.41) is 0. The van der Waals surface area contributed by atoms with E-state index >= 15 is 4.39 Å². The van der Waals surface area contributed by atoms with Gasteiger partial charge in [0.05, 0.1) is 18.0 Å². The molecule has 2 saturated heterocycles. The number of hydrogen-bond donors (Lipinski definition) is 1. The standard InChI is InChI=1S/C20H21FN4O3S/c21-18-14-24(19-22-13-15-5-4-8-17(15)23-19)10-9-20(18)25(11-12-28-20)29(26,27)16-6-2-1-3-7-16/h1-8,13,18H,9-12,14H2,(H,22,23). The van der Waals surface area contributed by atoms with Crippen molar-refractivity contribution in [2.45, 2.75) is 23.2 Å². The first-order valence-corrected chi connectivity index (χ1v) is 11.0. The van der Waals surface area contributed by atoms with Crippen LogP contribution in [0.1, 0.15) is 6.42 Å². The maximum Gasteiger partial charge on any atom is 0.245 e. The van der Waals surface area contributed by atoms with Gasteiger partial charge in [-0.2, -0.15) is 4.31 Å². The van der Waals surface area contributed by atoms with E-state index in [4.69, 9.17) is 4.74 Å². The number of H-pyrrole nitrogens is 1. The summed E-state index contributed by atoms with van der Waals surface area (Å²) in [5.74, 6) is 0.566. The van der Waals surface area contributed by atoms with Gasteiger partial charge in [-0.05, 0) is 18.2 Å². The minimum absolute atomic E-state index is 0.00345. The molecule has 1 aromatic carbocycles. The number of nitrogens with one attached hydrogen (secondary N) is 1. The molecule has 3 heterocycles. The summed E-state index contributed by atoms with van der Waals surface area (Å²) in [5.41, 5.74) is 0.435. The second-order valence-electron chi connectivity index (χ2n) is 7.35. The van der Waals surface area contributed by atoms with E-state index in [0.717, 1.165) is 11.3 Å². The normalized spacial score (nSPS) is 25.8. The highest BCUT2D eigenvalue weighted by atomic mass is 32.2. The largest absolute Gasteiger partial charge is 0.355 e. The van der Waals surface area contributed by atoms with Crippen LogP contribution in [-0.2, 0) is 14.8 Å². The van der Waals surface area contributed by atoms with E-state index in [0.29, 0.717) is 12.5 Å². The van der Waals surface area contributed by atoms with E-state index in [1.54, 1.807) is 29.3 Å². The van der Waals surface area contributed by atoms with Gasteiger partial charge in [0.15, 0.2) is 11.9 Å². The van der Waals surface area contributed by atoms with E-state index in [-0.39, 0.29) is 31.0 Å². The van der Waals surface area contributed by atoms with Crippen molar-refractivity contribution in [3.05, 3.63) is 54.7 Å². The van der Waals surface area contributed by atoms with Gasteiger partial charge in [-0.3, -0.25) is 0 Å². The van der Waals surface area contributed by atoms with Crippen molar-refractivity contribution in [1.82, 2.24) is 14.3 Å². The van der Waals surface area contributed by atoms with E-state index < -0.39 is 21.9 Å². The molecule has 5 rings (SSSR count). The van der Waals surface area contributed by atoms with Crippen molar-refractivity contribution in [2.24, 2.45) is 0 Å². The Hall–Kier alpha value is -2.49. The number of rotatable bonds is 3. The highest BCUT2D eigenvalue weighted by Crippen LogP contribution is 2.40. The zero-order valence-corrected chi connectivity index (χ0v) is 16.5. The smallest absolute Gasteiger partial charge is 0.245 e. The number of benzene rings is 1. The molecule has 1 N–H and O–H groups in total. The number of halogens is 1. The van der Waals surface area contributed by atoms with Crippen LogP contribution in [0.2, 0.25) is 0 Å². The van der Waals surface area contributed by atoms with Gasteiger partial charge in [0.1, 0.15) is 0 Å². The van der Waals surface area contributed by atoms with Gasteiger partial charge in [0.25, 0.3) is 0 Å². The van der Waals surface area contributed by atoms with Crippen LogP contribution in [0.5, 0.6) is 0 Å². The number of aromatic amines is 1. The summed E-state index contributed by atoms with van der Waals surface area (Å²) in [6, 6.07) is 13.9. The number of hydrogen-bond acceptors (Lipinski definition) is 5. The molecule has 4 aliphatic rings. The van der Waals surface area contributed by atoms with Crippen molar-refractivity contribution >= 4 is 16.0 Å². The third kappa shape index (κ3) is 2.92. The number of piperidine rings is 1. The molecule has 29 heavy (non-hydrogen) atoms. The molecule has 152 valence electrons. The van der Waals surface area contributed by atoms with Crippen LogP contribution in [0.3, 0.4) is 0 Å². The Morgan fingerprint density at radius 3 is 2.76 bits per heavy atom. The first-order chi connectivity index (χ1) is 14.0. The van der Waals surface area contributed by atoms with Gasteiger partial charge < -0.3 is 14.6 Å². The van der Waals surface area contributed by atoms with Crippen molar-refractivity contribution in [3.63, 3.8) is 0 Å². The second kappa shape index (κ2) is 6.79. The van der Waals surface area contributed by atoms with Crippen LogP contribution in [0, 0.1) is 0 Å². The van der Waals surface area contributed by atoms with Crippen LogP contribution in [0.4, 0.5) is 10.3 Å². The molecule has 0 bridgehead atoms. The van der Waals surface area contributed by atoms with E-state index in [1.807, 2.05) is 18.2 Å². The fraction of sp³-hybridized carbons (Fsp3) is 0.350. The van der Waals surface area contributed by atoms with Crippen molar-refractivity contribution < 1.29 is 17.5 Å². The van der Waals surface area contributed by atoms with Crippen molar-refractivity contribution in [2.75, 3.05) is 31.1 Å². The monoisotopic (exact) mass is 416 g/mol. The molecule has 1 aromatic rings. The van der Waals surface area contributed by atoms with Crippen LogP contribution in [0.15, 0.2) is 59.6 Å². The second-order valence-corrected chi connectivity index (χ2v) is 9.21. The Labute approximate surface area is 168 Å². The Morgan fingerprint density at radius 2 is 1.97 bits per heavy atom. The minimum Gasteiger partial charge on any atom is -0.355 e. The average molecular weight is 416 g/mol. The molecular formula is C20H21FN4O3S. The highest BCUT2D eigenvalue weighted by molar-refractivity contribution is 7.89. The maximum absolute atomic E-state index is 15.5. The van der Waals surface area contributed by atoms with E-state index in [1.165, 1.54) is 16.4 Å². The van der Waals surface area contributed by atoms with E-state index in [9.17, 15) is 8.42 Å². The predicted molar refractivity (Wildman–Crippen MR) is 106 cm³/mol. The Balaban J connectivity index is 1.43. The molecular weight excluding hydrogens is 395 g/mol. The lowest BCUT2D eigenvalue weighted by atomic mass is 9.99. The molecule has 3 aliphatic heterocycles. The summed E-state index contributed by atoms with van der Waals surface area (Å²) in [6.45, 7) is 0.741. The molecule has 2 fully saturated rings. The Kier molecular flexibility index (Phi) is 4.34. The Morgan fingerprint density at radius 1 is 1.14 bits per heavy atom. The number of sulfonamides is 1. The molecule has 2 unspecified atom stereocenters. The van der Waals surface area contributed by atoms with Crippen LogP contribution in [-0.4, -0.2) is 60.8 Å². The lowest BCUT2D eigenvalue weighted by Gasteiger charge is -2.45. The zero-order chi connectivity index (χ0) is 20.1. The number of alkyl halides is 1. The van der Waals surface area contributed by atoms with Crippen LogP contribution >= 0.6 is 0 Å². The van der Waals surface area contributed by atoms with Crippen molar-refractivity contribution in [1.29, 1.82) is 0 Å². The van der Waals surface area contributed by atoms with Crippen LogP contribution in [0.25, 0.3) is 11.3 Å². The van der Waals surface area contributed by atoms with Crippen molar-refractivity contribution in [3.8, 4) is 11.3 Å². The molecule has 1 aliphatic carbocycles. The zero-order valence-electron chi connectivity index (χ0n) is 15.7. The van der Waals surface area contributed by atoms with Gasteiger partial charge in [0, 0.05) is 37.0 Å². The molecule has 0 aromatic heterocycles. The average Bonchev–Trinajstić information content (AvgIpc) is 3.38.